The Morgan fingerprint density at radius 1 is 1.56 bits per heavy atom. The molecule has 1 fully saturated rings. The van der Waals surface area contributed by atoms with Gasteiger partial charge in [-0.15, -0.1) is 0 Å². The van der Waals surface area contributed by atoms with E-state index in [-0.39, 0.29) is 24.6 Å². The van der Waals surface area contributed by atoms with E-state index in [1.54, 1.807) is 6.92 Å². The zero-order valence-electron chi connectivity index (χ0n) is 9.89. The summed E-state index contributed by atoms with van der Waals surface area (Å²) in [5.74, 6) is -0.263. The molecule has 1 aliphatic heterocycles. The van der Waals surface area contributed by atoms with Crippen LogP contribution in [0.2, 0.25) is 0 Å². The number of carbonyl (C=O) groups excluding carboxylic acids is 1. The van der Waals surface area contributed by atoms with Crippen LogP contribution in [-0.2, 0) is 14.3 Å². The normalized spacial score (nSPS) is 30.6. The molecule has 0 amide bonds. The van der Waals surface area contributed by atoms with E-state index in [1.165, 1.54) is 0 Å². The number of aliphatic hydroxyl groups is 1. The Bertz CT molecular complexity index is 249. The maximum atomic E-state index is 11.3. The molecule has 1 saturated heterocycles. The molecule has 0 aliphatic carbocycles. The minimum Gasteiger partial charge on any atom is -0.466 e. The number of hydrogen-bond donors (Lipinski definition) is 1. The van der Waals surface area contributed by atoms with Gasteiger partial charge in [-0.1, -0.05) is 12.2 Å². The number of ether oxygens (including phenoxy) is 2. The van der Waals surface area contributed by atoms with E-state index in [1.807, 2.05) is 19.1 Å². The number of rotatable bonds is 4. The van der Waals surface area contributed by atoms with Gasteiger partial charge in [0.25, 0.3) is 0 Å². The van der Waals surface area contributed by atoms with Crippen molar-refractivity contribution in [2.75, 3.05) is 6.61 Å². The van der Waals surface area contributed by atoms with Gasteiger partial charge < -0.3 is 14.6 Å². The Hall–Kier alpha value is -0.870. The molecule has 0 aromatic rings. The molecule has 3 atom stereocenters. The van der Waals surface area contributed by atoms with Gasteiger partial charge in [0.2, 0.25) is 0 Å². The zero-order valence-corrected chi connectivity index (χ0v) is 9.89. The van der Waals surface area contributed by atoms with Crippen molar-refractivity contribution in [1.82, 2.24) is 0 Å². The van der Waals surface area contributed by atoms with Crippen molar-refractivity contribution in [3.63, 3.8) is 0 Å². The molecular formula is C12H20O4. The fourth-order valence-corrected chi connectivity index (χ4v) is 1.90. The largest absolute Gasteiger partial charge is 0.466 e. The van der Waals surface area contributed by atoms with Crippen molar-refractivity contribution in [3.8, 4) is 0 Å². The maximum absolute atomic E-state index is 11.3. The highest BCUT2D eigenvalue weighted by Gasteiger charge is 2.28. The molecule has 1 N–H and O–H groups in total. The van der Waals surface area contributed by atoms with Gasteiger partial charge in [0.1, 0.15) is 0 Å². The zero-order chi connectivity index (χ0) is 12.0. The maximum Gasteiger partial charge on any atom is 0.308 e. The van der Waals surface area contributed by atoms with Crippen LogP contribution >= 0.6 is 0 Å². The van der Waals surface area contributed by atoms with Crippen molar-refractivity contribution in [2.45, 2.75) is 51.4 Å². The summed E-state index contributed by atoms with van der Waals surface area (Å²) in [6.07, 6.45) is 4.41. The van der Waals surface area contributed by atoms with Gasteiger partial charge in [-0.3, -0.25) is 4.79 Å². The molecule has 0 saturated carbocycles. The number of carbonyl (C=O) groups is 1. The van der Waals surface area contributed by atoms with Gasteiger partial charge in [-0.25, -0.2) is 0 Å². The molecule has 0 bridgehead atoms. The molecule has 1 aliphatic rings. The molecule has 0 radical (unpaired) electrons. The molecule has 4 nitrogen and oxygen atoms in total. The van der Waals surface area contributed by atoms with Gasteiger partial charge in [0, 0.05) is 12.8 Å². The van der Waals surface area contributed by atoms with Crippen molar-refractivity contribution in [1.29, 1.82) is 0 Å². The lowest BCUT2D eigenvalue weighted by Crippen LogP contribution is -2.36. The van der Waals surface area contributed by atoms with Crippen LogP contribution in [0.3, 0.4) is 0 Å². The second-order valence-corrected chi connectivity index (χ2v) is 3.96. The standard InChI is InChI=1S/C12H20O4/c1-3-5-10-6-9(13)7-11(16-10)8-12(14)15-4-2/h3,5,9-11,13H,4,6-8H2,1-2H3/b5-3+/t9-,10-,11-/m1/s1. The molecular weight excluding hydrogens is 208 g/mol. The van der Waals surface area contributed by atoms with Crippen molar-refractivity contribution < 1.29 is 19.4 Å². The molecule has 0 aromatic heterocycles. The predicted octanol–water partition coefficient (Wildman–Crippen LogP) is 1.42. The Balaban J connectivity index is 2.44. The smallest absolute Gasteiger partial charge is 0.308 e. The number of aliphatic hydroxyl groups excluding tert-OH is 1. The highest BCUT2D eigenvalue weighted by molar-refractivity contribution is 5.69. The Morgan fingerprint density at radius 2 is 2.31 bits per heavy atom. The first kappa shape index (κ1) is 13.2. The highest BCUT2D eigenvalue weighted by Crippen LogP contribution is 2.22. The van der Waals surface area contributed by atoms with Gasteiger partial charge in [0.05, 0.1) is 31.3 Å². The SMILES string of the molecule is C/C=C/[C@@H]1C[C@@H](O)C[C@H](CC(=O)OCC)O1. The third-order valence-electron chi connectivity index (χ3n) is 2.51. The summed E-state index contributed by atoms with van der Waals surface area (Å²) in [5, 5.41) is 9.65. The quantitative estimate of drug-likeness (QED) is 0.584. The Kier molecular flexibility index (Phi) is 5.49. The summed E-state index contributed by atoms with van der Waals surface area (Å²) in [5.41, 5.74) is 0. The van der Waals surface area contributed by atoms with Crippen LogP contribution in [0, 0.1) is 0 Å². The molecule has 16 heavy (non-hydrogen) atoms. The molecule has 1 heterocycles. The van der Waals surface area contributed by atoms with Crippen molar-refractivity contribution in [3.05, 3.63) is 12.2 Å². The Morgan fingerprint density at radius 3 is 2.94 bits per heavy atom. The van der Waals surface area contributed by atoms with Crippen LogP contribution in [0.25, 0.3) is 0 Å². The summed E-state index contributed by atoms with van der Waals surface area (Å²) in [6, 6.07) is 0. The lowest BCUT2D eigenvalue weighted by atomic mass is 9.99. The molecule has 0 spiro atoms. The average Bonchev–Trinajstić information content (AvgIpc) is 2.17. The van der Waals surface area contributed by atoms with Gasteiger partial charge in [-0.05, 0) is 13.8 Å². The fourth-order valence-electron chi connectivity index (χ4n) is 1.90. The fraction of sp³-hybridized carbons (Fsp3) is 0.750. The van der Waals surface area contributed by atoms with E-state index < -0.39 is 6.10 Å². The monoisotopic (exact) mass is 228 g/mol. The first-order chi connectivity index (χ1) is 7.65. The number of esters is 1. The van der Waals surface area contributed by atoms with Gasteiger partial charge in [-0.2, -0.15) is 0 Å². The molecule has 1 rings (SSSR count). The van der Waals surface area contributed by atoms with E-state index >= 15 is 0 Å². The molecule has 4 heteroatoms. The third kappa shape index (κ3) is 4.33. The van der Waals surface area contributed by atoms with Crippen LogP contribution in [-0.4, -0.2) is 36.0 Å². The first-order valence-electron chi connectivity index (χ1n) is 5.77. The summed E-state index contributed by atoms with van der Waals surface area (Å²) < 4.78 is 10.5. The van der Waals surface area contributed by atoms with E-state index in [4.69, 9.17) is 9.47 Å². The van der Waals surface area contributed by atoms with Gasteiger partial charge >= 0.3 is 5.97 Å². The molecule has 0 aromatic carbocycles. The van der Waals surface area contributed by atoms with E-state index in [2.05, 4.69) is 0 Å². The Labute approximate surface area is 96.2 Å². The average molecular weight is 228 g/mol. The van der Waals surface area contributed by atoms with Crippen LogP contribution in [0.15, 0.2) is 12.2 Å². The minimum atomic E-state index is -0.394. The minimum absolute atomic E-state index is 0.0897. The van der Waals surface area contributed by atoms with Crippen LogP contribution in [0.5, 0.6) is 0 Å². The number of hydrogen-bond acceptors (Lipinski definition) is 4. The summed E-state index contributed by atoms with van der Waals surface area (Å²) in [7, 11) is 0. The summed E-state index contributed by atoms with van der Waals surface area (Å²) in [4.78, 5) is 11.3. The van der Waals surface area contributed by atoms with Gasteiger partial charge in [0.15, 0.2) is 0 Å². The lowest BCUT2D eigenvalue weighted by Gasteiger charge is -2.31. The second-order valence-electron chi connectivity index (χ2n) is 3.96. The van der Waals surface area contributed by atoms with Crippen molar-refractivity contribution in [2.24, 2.45) is 0 Å². The number of allylic oxidation sites excluding steroid dienone is 1. The highest BCUT2D eigenvalue weighted by atomic mass is 16.5. The van der Waals surface area contributed by atoms with E-state index in [0.717, 1.165) is 0 Å². The van der Waals surface area contributed by atoms with Crippen LogP contribution in [0.4, 0.5) is 0 Å². The second kappa shape index (κ2) is 6.66. The predicted molar refractivity (Wildman–Crippen MR) is 60.0 cm³/mol. The summed E-state index contributed by atoms with van der Waals surface area (Å²) >= 11 is 0. The first-order valence-corrected chi connectivity index (χ1v) is 5.77. The molecule has 92 valence electrons. The van der Waals surface area contributed by atoms with Crippen molar-refractivity contribution >= 4 is 5.97 Å². The lowest BCUT2D eigenvalue weighted by molar-refractivity contribution is -0.150. The topological polar surface area (TPSA) is 55.8 Å². The van der Waals surface area contributed by atoms with E-state index in [9.17, 15) is 9.90 Å². The summed E-state index contributed by atoms with van der Waals surface area (Å²) in [6.45, 7) is 4.06. The van der Waals surface area contributed by atoms with E-state index in [0.29, 0.717) is 19.4 Å². The third-order valence-corrected chi connectivity index (χ3v) is 2.51. The van der Waals surface area contributed by atoms with Crippen LogP contribution < -0.4 is 0 Å². The van der Waals surface area contributed by atoms with Crippen LogP contribution in [0.1, 0.15) is 33.1 Å². The molecule has 0 unspecified atom stereocenters.